The topological polar surface area (TPSA) is 114 Å². The van der Waals surface area contributed by atoms with Gasteiger partial charge < -0.3 is 24.4 Å². The molecular formula is C30H39N3O7S2. The Balaban J connectivity index is 1.83. The zero-order valence-electron chi connectivity index (χ0n) is 24.5. The van der Waals surface area contributed by atoms with Crippen molar-refractivity contribution in [1.29, 1.82) is 0 Å². The lowest BCUT2D eigenvalue weighted by atomic mass is 10.1. The second kappa shape index (κ2) is 16.3. The van der Waals surface area contributed by atoms with Crippen molar-refractivity contribution in [2.45, 2.75) is 38.1 Å². The van der Waals surface area contributed by atoms with Crippen LogP contribution < -0.4 is 14.8 Å². The summed E-state index contributed by atoms with van der Waals surface area (Å²) in [5.74, 6) is 0.652. The second-order valence-corrected chi connectivity index (χ2v) is 12.4. The molecule has 0 fully saturated rings. The Hall–Kier alpha value is -3.45. The predicted octanol–water partition coefficient (Wildman–Crippen LogP) is 4.41. The first-order chi connectivity index (χ1) is 20.2. The maximum absolute atomic E-state index is 13.8. The fraction of sp³-hybridized carbons (Fsp3) is 0.400. The van der Waals surface area contributed by atoms with Crippen LogP contribution in [0.25, 0.3) is 0 Å². The van der Waals surface area contributed by atoms with E-state index in [0.29, 0.717) is 56.3 Å². The number of benzene rings is 2. The third-order valence-corrected chi connectivity index (χ3v) is 9.14. The third kappa shape index (κ3) is 9.55. The molecule has 12 heteroatoms. The Labute approximate surface area is 252 Å². The highest BCUT2D eigenvalue weighted by molar-refractivity contribution is 7.89. The van der Waals surface area contributed by atoms with Crippen LogP contribution in [0, 0.1) is 0 Å². The monoisotopic (exact) mass is 617 g/mol. The minimum atomic E-state index is -4.02. The normalized spacial score (nSPS) is 11.4. The largest absolute Gasteiger partial charge is 0.493 e. The lowest BCUT2D eigenvalue weighted by Crippen LogP contribution is -2.43. The number of nitrogens with one attached hydrogen (secondary N) is 1. The van der Waals surface area contributed by atoms with Crippen LogP contribution in [0.15, 0.2) is 64.9 Å². The average Bonchev–Trinajstić information content (AvgIpc) is 3.49. The molecule has 0 radical (unpaired) electrons. The molecule has 3 aromatic rings. The molecule has 0 bridgehead atoms. The van der Waals surface area contributed by atoms with Crippen LogP contribution in [0.2, 0.25) is 0 Å². The van der Waals surface area contributed by atoms with E-state index < -0.39 is 10.0 Å². The van der Waals surface area contributed by atoms with Gasteiger partial charge in [0, 0.05) is 43.8 Å². The number of carbonyl (C=O) groups is 2. The standard InChI is InChI=1S/C30H39N3O7S2/c1-5-40-18-7-16-33(42(36,37)27-12-10-25(11-13-27)31-23(2)34)22-30(35)32(21-26-8-6-19-41-26)17-15-24-9-14-28(38-3)29(20-24)39-4/h6,8-14,19-20H,5,7,15-18,21-22H2,1-4H3,(H,31,34). The fourth-order valence-electron chi connectivity index (χ4n) is 4.27. The van der Waals surface area contributed by atoms with Gasteiger partial charge in [0.05, 0.1) is 32.2 Å². The molecule has 0 atom stereocenters. The number of rotatable bonds is 17. The molecule has 1 N–H and O–H groups in total. The molecule has 0 aliphatic heterocycles. The third-order valence-electron chi connectivity index (χ3n) is 6.42. The molecule has 0 saturated carbocycles. The van der Waals surface area contributed by atoms with Crippen LogP contribution in [0.1, 0.15) is 30.7 Å². The first-order valence-corrected chi connectivity index (χ1v) is 16.0. The molecule has 3 rings (SSSR count). The molecule has 42 heavy (non-hydrogen) atoms. The van der Waals surface area contributed by atoms with Gasteiger partial charge in [-0.05, 0) is 73.2 Å². The zero-order valence-corrected chi connectivity index (χ0v) is 26.1. The van der Waals surface area contributed by atoms with Crippen molar-refractivity contribution in [1.82, 2.24) is 9.21 Å². The van der Waals surface area contributed by atoms with Crippen LogP contribution in [0.5, 0.6) is 11.5 Å². The van der Waals surface area contributed by atoms with Crippen molar-refractivity contribution in [3.63, 3.8) is 0 Å². The van der Waals surface area contributed by atoms with Crippen molar-refractivity contribution in [2.24, 2.45) is 0 Å². The van der Waals surface area contributed by atoms with Gasteiger partial charge >= 0.3 is 0 Å². The Morgan fingerprint density at radius 1 is 0.976 bits per heavy atom. The van der Waals surface area contributed by atoms with Gasteiger partial charge in [0.1, 0.15) is 0 Å². The number of hydrogen-bond acceptors (Lipinski definition) is 8. The van der Waals surface area contributed by atoms with Crippen LogP contribution >= 0.6 is 11.3 Å². The van der Waals surface area contributed by atoms with Gasteiger partial charge in [0.2, 0.25) is 21.8 Å². The highest BCUT2D eigenvalue weighted by atomic mass is 32.2. The molecule has 228 valence electrons. The molecule has 1 heterocycles. The molecule has 0 unspecified atom stereocenters. The fourth-order valence-corrected chi connectivity index (χ4v) is 6.42. The zero-order chi connectivity index (χ0) is 30.5. The van der Waals surface area contributed by atoms with Gasteiger partial charge in [-0.15, -0.1) is 11.3 Å². The molecule has 0 spiro atoms. The van der Waals surface area contributed by atoms with Gasteiger partial charge in [0.25, 0.3) is 0 Å². The SMILES string of the molecule is CCOCCCN(CC(=O)N(CCc1ccc(OC)c(OC)c1)Cc1cccs1)S(=O)(=O)c1ccc(NC(C)=O)cc1. The quantitative estimate of drug-likeness (QED) is 0.223. The summed E-state index contributed by atoms with van der Waals surface area (Å²) in [5, 5.41) is 4.58. The van der Waals surface area contributed by atoms with Gasteiger partial charge in [-0.25, -0.2) is 8.42 Å². The molecule has 10 nitrogen and oxygen atoms in total. The van der Waals surface area contributed by atoms with E-state index in [-0.39, 0.29) is 29.8 Å². The maximum atomic E-state index is 13.8. The van der Waals surface area contributed by atoms with E-state index in [1.807, 2.05) is 42.6 Å². The first kappa shape index (κ1) is 33.1. The van der Waals surface area contributed by atoms with Crippen LogP contribution in [0.3, 0.4) is 0 Å². The number of nitrogens with zero attached hydrogens (tertiary/aromatic N) is 2. The van der Waals surface area contributed by atoms with E-state index in [2.05, 4.69) is 5.32 Å². The van der Waals surface area contributed by atoms with Gasteiger partial charge in [-0.1, -0.05) is 12.1 Å². The summed E-state index contributed by atoms with van der Waals surface area (Å²) in [6.07, 6.45) is 0.972. The number of ether oxygens (including phenoxy) is 3. The summed E-state index contributed by atoms with van der Waals surface area (Å²) >= 11 is 1.54. The van der Waals surface area contributed by atoms with E-state index in [1.165, 1.54) is 46.8 Å². The first-order valence-electron chi connectivity index (χ1n) is 13.6. The average molecular weight is 618 g/mol. The molecule has 0 aliphatic carbocycles. The molecule has 2 amide bonds. The summed E-state index contributed by atoms with van der Waals surface area (Å²) in [4.78, 5) is 27.9. The van der Waals surface area contributed by atoms with Crippen LogP contribution in [-0.2, 0) is 37.3 Å². The van der Waals surface area contributed by atoms with Crippen molar-refractivity contribution in [3.05, 3.63) is 70.4 Å². The highest BCUT2D eigenvalue weighted by Gasteiger charge is 2.28. The van der Waals surface area contributed by atoms with E-state index >= 15 is 0 Å². The molecule has 1 aromatic heterocycles. The smallest absolute Gasteiger partial charge is 0.243 e. The van der Waals surface area contributed by atoms with E-state index in [4.69, 9.17) is 14.2 Å². The Bertz CT molecular complexity index is 1390. The van der Waals surface area contributed by atoms with Gasteiger partial charge in [-0.3, -0.25) is 9.59 Å². The number of carbonyl (C=O) groups excluding carboxylic acids is 2. The van der Waals surface area contributed by atoms with Crippen molar-refractivity contribution < 1.29 is 32.2 Å². The number of amides is 2. The Morgan fingerprint density at radius 2 is 1.71 bits per heavy atom. The number of thiophene rings is 1. The van der Waals surface area contributed by atoms with Crippen LogP contribution in [0.4, 0.5) is 5.69 Å². The Morgan fingerprint density at radius 3 is 2.33 bits per heavy atom. The minimum Gasteiger partial charge on any atom is -0.493 e. The summed E-state index contributed by atoms with van der Waals surface area (Å²) in [6, 6.07) is 15.4. The summed E-state index contributed by atoms with van der Waals surface area (Å²) in [6.45, 7) is 4.67. The lowest BCUT2D eigenvalue weighted by molar-refractivity contribution is -0.132. The molecule has 0 aliphatic rings. The number of anilines is 1. The molecule has 2 aromatic carbocycles. The van der Waals surface area contributed by atoms with E-state index in [0.717, 1.165) is 10.4 Å². The number of sulfonamides is 1. The second-order valence-electron chi connectivity index (χ2n) is 9.43. The minimum absolute atomic E-state index is 0.0379. The highest BCUT2D eigenvalue weighted by Crippen LogP contribution is 2.28. The summed E-state index contributed by atoms with van der Waals surface area (Å²) < 4.78 is 44.8. The van der Waals surface area contributed by atoms with Crippen molar-refractivity contribution in [2.75, 3.05) is 52.4 Å². The van der Waals surface area contributed by atoms with Gasteiger partial charge in [-0.2, -0.15) is 4.31 Å². The van der Waals surface area contributed by atoms with Crippen LogP contribution in [-0.4, -0.2) is 76.5 Å². The predicted molar refractivity (Wildman–Crippen MR) is 164 cm³/mol. The van der Waals surface area contributed by atoms with Crippen molar-refractivity contribution in [3.8, 4) is 11.5 Å². The maximum Gasteiger partial charge on any atom is 0.243 e. The molecular weight excluding hydrogens is 578 g/mol. The van der Waals surface area contributed by atoms with Crippen molar-refractivity contribution >= 4 is 38.9 Å². The van der Waals surface area contributed by atoms with E-state index in [9.17, 15) is 18.0 Å². The lowest BCUT2D eigenvalue weighted by Gasteiger charge is -2.27. The van der Waals surface area contributed by atoms with Gasteiger partial charge in [0.15, 0.2) is 11.5 Å². The van der Waals surface area contributed by atoms with E-state index in [1.54, 1.807) is 19.1 Å². The Kier molecular flexibility index (Phi) is 12.8. The number of hydrogen-bond donors (Lipinski definition) is 1. The number of methoxy groups -OCH3 is 2. The summed E-state index contributed by atoms with van der Waals surface area (Å²) in [5.41, 5.74) is 1.44. The summed E-state index contributed by atoms with van der Waals surface area (Å²) in [7, 11) is -0.873. The molecule has 0 saturated heterocycles.